The van der Waals surface area contributed by atoms with Crippen LogP contribution in [0.15, 0.2) is 30.3 Å². The highest BCUT2D eigenvalue weighted by Gasteiger charge is 2.45. The van der Waals surface area contributed by atoms with Crippen LogP contribution in [-0.4, -0.2) is 81.2 Å². The zero-order valence-electron chi connectivity index (χ0n) is 19.2. The first kappa shape index (κ1) is 23.8. The molecule has 1 aromatic carbocycles. The largest absolute Gasteiger partial charge is 0.459 e. The van der Waals surface area contributed by atoms with Crippen molar-refractivity contribution in [3.05, 3.63) is 35.9 Å². The molecule has 4 saturated heterocycles. The van der Waals surface area contributed by atoms with Crippen LogP contribution in [0.1, 0.15) is 61.7 Å². The number of carbonyl (C=O) groups excluding carboxylic acids is 1. The number of fused-ring (bicyclic) bond motifs is 4. The van der Waals surface area contributed by atoms with Crippen molar-refractivity contribution >= 4 is 20.1 Å². The highest BCUT2D eigenvalue weighted by Crippen LogP contribution is 2.37. The van der Waals surface area contributed by atoms with E-state index in [4.69, 9.17) is 4.74 Å². The van der Waals surface area contributed by atoms with Gasteiger partial charge >= 0.3 is 20.1 Å². The Hall–Kier alpha value is -1.38. The first-order valence-corrected chi connectivity index (χ1v) is 12.2. The molecule has 0 spiro atoms. The third kappa shape index (κ3) is 5.23. The van der Waals surface area contributed by atoms with Gasteiger partial charge in [-0.3, -0.25) is 0 Å². The summed E-state index contributed by atoms with van der Waals surface area (Å²) in [5.41, 5.74) is 0.609. The smallest absolute Gasteiger partial charge is 0.376 e. The molecule has 4 aliphatic rings. The monoisotopic (exact) mass is 442 g/mol. The van der Waals surface area contributed by atoms with Crippen molar-refractivity contribution in [2.24, 2.45) is 0 Å². The number of esters is 1. The molecule has 5 rings (SSSR count). The Kier molecular flexibility index (Phi) is 7.62. The van der Waals surface area contributed by atoms with E-state index < -0.39 is 7.05 Å². The summed E-state index contributed by atoms with van der Waals surface area (Å²) in [4.78, 5) is 16.4. The van der Waals surface area contributed by atoms with Crippen LogP contribution in [0.25, 0.3) is 0 Å². The van der Waals surface area contributed by atoms with Crippen LogP contribution >= 0.6 is 0 Å². The maximum atomic E-state index is 12.1. The number of nitrogens with zero attached hydrogens (tertiary/aromatic N) is 2. The molecule has 1 aromatic rings. The highest BCUT2D eigenvalue weighted by molar-refractivity contribution is 6.45. The molecule has 4 fully saturated rings. The SMILES string of the molecule is CB(O)N1[C@@H]2CC[C@H]1CC(O)C2.CB(O)N1[C@@H]2CC[C@H]1CC(OC(=O)c1ccccc1)C2. The Morgan fingerprint density at radius 2 is 1.28 bits per heavy atom. The number of ether oxygens (including phenoxy) is 1. The zero-order valence-corrected chi connectivity index (χ0v) is 19.2. The average molecular weight is 442 g/mol. The summed E-state index contributed by atoms with van der Waals surface area (Å²) in [6, 6.07) is 10.7. The number of rotatable bonds is 4. The van der Waals surface area contributed by atoms with E-state index in [1.807, 2.05) is 31.8 Å². The van der Waals surface area contributed by atoms with Crippen LogP contribution in [0, 0.1) is 0 Å². The lowest BCUT2D eigenvalue weighted by Gasteiger charge is -2.39. The molecule has 4 heterocycles. The van der Waals surface area contributed by atoms with Gasteiger partial charge in [0.25, 0.3) is 0 Å². The fourth-order valence-corrected chi connectivity index (χ4v) is 6.46. The van der Waals surface area contributed by atoms with Gasteiger partial charge in [-0.2, -0.15) is 0 Å². The fraction of sp³-hybridized carbons (Fsp3) is 0.696. The van der Waals surface area contributed by atoms with Crippen LogP contribution in [0.5, 0.6) is 0 Å². The van der Waals surface area contributed by atoms with Gasteiger partial charge in [-0.1, -0.05) is 18.2 Å². The minimum absolute atomic E-state index is 0.0183. The maximum absolute atomic E-state index is 12.1. The average Bonchev–Trinajstić information content (AvgIpc) is 3.20. The van der Waals surface area contributed by atoms with E-state index in [-0.39, 0.29) is 25.2 Å². The number of piperidine rings is 2. The van der Waals surface area contributed by atoms with Crippen molar-refractivity contribution in [3.63, 3.8) is 0 Å². The van der Waals surface area contributed by atoms with Gasteiger partial charge in [0.05, 0.1) is 11.7 Å². The summed E-state index contributed by atoms with van der Waals surface area (Å²) < 4.78 is 5.64. The van der Waals surface area contributed by atoms with Crippen LogP contribution in [0.3, 0.4) is 0 Å². The molecule has 9 heteroatoms. The topological polar surface area (TPSA) is 93.5 Å². The molecule has 0 aromatic heterocycles. The third-order valence-electron chi connectivity index (χ3n) is 7.66. The zero-order chi connectivity index (χ0) is 22.8. The Bertz CT molecular complexity index is 740. The van der Waals surface area contributed by atoms with Gasteiger partial charge < -0.3 is 29.5 Å². The van der Waals surface area contributed by atoms with Crippen molar-refractivity contribution in [2.75, 3.05) is 0 Å². The lowest BCUT2D eigenvalue weighted by atomic mass is 9.79. The molecule has 0 saturated carbocycles. The second-order valence-electron chi connectivity index (χ2n) is 9.92. The normalized spacial score (nSPS) is 33.9. The first-order valence-electron chi connectivity index (χ1n) is 12.2. The molecule has 0 amide bonds. The molecule has 2 unspecified atom stereocenters. The molecule has 0 radical (unpaired) electrons. The predicted octanol–water partition coefficient (Wildman–Crippen LogP) is 2.03. The lowest BCUT2D eigenvalue weighted by Crippen LogP contribution is -2.52. The van der Waals surface area contributed by atoms with Crippen molar-refractivity contribution in [2.45, 2.75) is 101 Å². The number of carbonyl (C=O) groups is 1. The van der Waals surface area contributed by atoms with Gasteiger partial charge in [0, 0.05) is 24.2 Å². The molecule has 6 atom stereocenters. The predicted molar refractivity (Wildman–Crippen MR) is 125 cm³/mol. The molecule has 4 bridgehead atoms. The van der Waals surface area contributed by atoms with E-state index >= 15 is 0 Å². The second-order valence-corrected chi connectivity index (χ2v) is 9.92. The minimum atomic E-state index is -0.404. The summed E-state index contributed by atoms with van der Waals surface area (Å²) in [5, 5.41) is 28.8. The molecule has 32 heavy (non-hydrogen) atoms. The molecule has 7 nitrogen and oxygen atoms in total. The molecule has 3 N–H and O–H groups in total. The minimum Gasteiger partial charge on any atom is -0.459 e. The van der Waals surface area contributed by atoms with Gasteiger partial charge in [-0.05, 0) is 77.1 Å². The number of hydrogen-bond donors (Lipinski definition) is 3. The molecule has 0 aliphatic carbocycles. The van der Waals surface area contributed by atoms with Crippen molar-refractivity contribution in [3.8, 4) is 0 Å². The fourth-order valence-electron chi connectivity index (χ4n) is 6.46. The van der Waals surface area contributed by atoms with Gasteiger partial charge in [0.15, 0.2) is 0 Å². The molecular weight excluding hydrogens is 406 g/mol. The van der Waals surface area contributed by atoms with Gasteiger partial charge in [-0.25, -0.2) is 4.79 Å². The summed E-state index contributed by atoms with van der Waals surface area (Å²) in [5.74, 6) is -0.236. The highest BCUT2D eigenvalue weighted by atomic mass is 16.5. The summed E-state index contributed by atoms with van der Waals surface area (Å²) >= 11 is 0. The summed E-state index contributed by atoms with van der Waals surface area (Å²) in [7, 11) is -0.742. The Morgan fingerprint density at radius 3 is 1.72 bits per heavy atom. The molecule has 4 aliphatic heterocycles. The lowest BCUT2D eigenvalue weighted by molar-refractivity contribution is 0.00606. The van der Waals surface area contributed by atoms with E-state index in [1.54, 1.807) is 12.1 Å². The molecular formula is C23H36B2N2O5. The van der Waals surface area contributed by atoms with E-state index in [2.05, 4.69) is 9.62 Å². The summed E-state index contributed by atoms with van der Waals surface area (Å²) in [6.07, 6.45) is 7.69. The van der Waals surface area contributed by atoms with Crippen molar-refractivity contribution in [1.29, 1.82) is 0 Å². The van der Waals surface area contributed by atoms with Gasteiger partial charge in [0.1, 0.15) is 6.10 Å². The summed E-state index contributed by atoms with van der Waals surface area (Å²) in [6.45, 7) is 3.64. The van der Waals surface area contributed by atoms with Crippen LogP contribution in [0.2, 0.25) is 13.6 Å². The second kappa shape index (κ2) is 10.3. The number of aliphatic hydroxyl groups is 1. The molecule has 174 valence electrons. The van der Waals surface area contributed by atoms with Crippen LogP contribution in [-0.2, 0) is 4.74 Å². The standard InChI is InChI=1S/C15H20BNO3.C8H16BNO2/c1-16(19)17-12-7-8-13(17)10-14(9-12)20-15(18)11-5-3-2-4-6-11;1-9(12)10-6-2-3-7(10)5-8(11)4-6/h2-6,12-14,19H,7-10H2,1H3;6-8,11-12H,2-5H2,1H3/t12-,13+,14?;6-,7+,8?. The Balaban J connectivity index is 0.000000174. The quantitative estimate of drug-likeness (QED) is 0.486. The Morgan fingerprint density at radius 1 is 0.844 bits per heavy atom. The van der Waals surface area contributed by atoms with Crippen molar-refractivity contribution < 1.29 is 24.7 Å². The van der Waals surface area contributed by atoms with Gasteiger partial charge in [-0.15, -0.1) is 0 Å². The van der Waals surface area contributed by atoms with Gasteiger partial charge in [0.2, 0.25) is 0 Å². The Labute approximate surface area is 192 Å². The third-order valence-corrected chi connectivity index (χ3v) is 7.66. The van der Waals surface area contributed by atoms with Crippen molar-refractivity contribution in [1.82, 2.24) is 9.62 Å². The number of hydrogen-bond acceptors (Lipinski definition) is 7. The number of aliphatic hydroxyl groups excluding tert-OH is 1. The van der Waals surface area contributed by atoms with Crippen LogP contribution < -0.4 is 0 Å². The van der Waals surface area contributed by atoms with E-state index in [1.165, 1.54) is 0 Å². The van der Waals surface area contributed by atoms with E-state index in [0.29, 0.717) is 29.7 Å². The van der Waals surface area contributed by atoms with E-state index in [9.17, 15) is 19.9 Å². The first-order chi connectivity index (χ1) is 15.3. The maximum Gasteiger partial charge on any atom is 0.376 e. The van der Waals surface area contributed by atoms with E-state index in [0.717, 1.165) is 51.4 Å². The van der Waals surface area contributed by atoms with Crippen LogP contribution in [0.4, 0.5) is 0 Å². The number of benzene rings is 1.